The molecule has 17 heavy (non-hydrogen) atoms. The maximum Gasteiger partial charge on any atom is 0.227 e. The second-order valence-electron chi connectivity index (χ2n) is 4.73. The monoisotopic (exact) mass is 251 g/mol. The van der Waals surface area contributed by atoms with E-state index in [9.17, 15) is 4.79 Å². The summed E-state index contributed by atoms with van der Waals surface area (Å²) in [5.74, 6) is 1.28. The SMILES string of the molecule is CC1Cc2ccccc2N(C(=O)CCCCl)C1. The maximum absolute atomic E-state index is 12.1. The number of hydrogen-bond acceptors (Lipinski definition) is 1. The van der Waals surface area contributed by atoms with Gasteiger partial charge >= 0.3 is 0 Å². The molecule has 1 aliphatic heterocycles. The molecule has 0 N–H and O–H groups in total. The summed E-state index contributed by atoms with van der Waals surface area (Å²) in [6.07, 6.45) is 2.37. The average molecular weight is 252 g/mol. The number of anilines is 1. The fourth-order valence-electron chi connectivity index (χ4n) is 2.39. The van der Waals surface area contributed by atoms with Crippen molar-refractivity contribution in [2.45, 2.75) is 26.2 Å². The first-order valence-electron chi connectivity index (χ1n) is 6.16. The molecule has 1 heterocycles. The number of halogens is 1. The van der Waals surface area contributed by atoms with Gasteiger partial charge in [-0.05, 0) is 30.4 Å². The number of benzene rings is 1. The molecule has 92 valence electrons. The minimum atomic E-state index is 0.199. The molecule has 0 saturated carbocycles. The number of carbonyl (C=O) groups excluding carboxylic acids is 1. The third-order valence-electron chi connectivity index (χ3n) is 3.17. The highest BCUT2D eigenvalue weighted by molar-refractivity contribution is 6.18. The van der Waals surface area contributed by atoms with E-state index in [1.165, 1.54) is 5.56 Å². The van der Waals surface area contributed by atoms with Gasteiger partial charge in [0.2, 0.25) is 5.91 Å². The summed E-state index contributed by atoms with van der Waals surface area (Å²) in [5, 5.41) is 0. The lowest BCUT2D eigenvalue weighted by atomic mass is 9.93. The summed E-state index contributed by atoms with van der Waals surface area (Å²) < 4.78 is 0. The number of fused-ring (bicyclic) bond motifs is 1. The molecule has 0 aliphatic carbocycles. The molecule has 0 aromatic heterocycles. The molecule has 1 unspecified atom stereocenters. The van der Waals surface area contributed by atoms with Gasteiger partial charge in [0.15, 0.2) is 0 Å². The van der Waals surface area contributed by atoms with Gasteiger partial charge in [0.05, 0.1) is 0 Å². The highest BCUT2D eigenvalue weighted by Gasteiger charge is 2.25. The standard InChI is InChI=1S/C14H18ClNO/c1-11-9-12-5-2-3-6-13(12)16(10-11)14(17)7-4-8-15/h2-3,5-6,11H,4,7-10H2,1H3. The molecule has 1 atom stereocenters. The fourth-order valence-corrected chi connectivity index (χ4v) is 2.52. The van der Waals surface area contributed by atoms with Crippen LogP contribution in [0.3, 0.4) is 0 Å². The van der Waals surface area contributed by atoms with E-state index in [1.54, 1.807) is 0 Å². The highest BCUT2D eigenvalue weighted by Crippen LogP contribution is 2.29. The van der Waals surface area contributed by atoms with Gasteiger partial charge in [-0.3, -0.25) is 4.79 Å². The maximum atomic E-state index is 12.1. The Balaban J connectivity index is 2.20. The Labute approximate surface area is 108 Å². The zero-order valence-corrected chi connectivity index (χ0v) is 10.9. The zero-order valence-electron chi connectivity index (χ0n) is 10.2. The van der Waals surface area contributed by atoms with E-state index < -0.39 is 0 Å². The number of carbonyl (C=O) groups is 1. The predicted octanol–water partition coefficient (Wildman–Crippen LogP) is 3.23. The number of para-hydroxylation sites is 1. The molecule has 0 saturated heterocycles. The summed E-state index contributed by atoms with van der Waals surface area (Å²) in [6.45, 7) is 3.02. The summed E-state index contributed by atoms with van der Waals surface area (Å²) in [4.78, 5) is 14.1. The van der Waals surface area contributed by atoms with Crippen molar-refractivity contribution in [1.82, 2.24) is 0 Å². The topological polar surface area (TPSA) is 20.3 Å². The molecule has 1 aliphatic rings. The van der Waals surface area contributed by atoms with Crippen molar-refractivity contribution in [3.8, 4) is 0 Å². The molecule has 0 spiro atoms. The first-order chi connectivity index (χ1) is 8.22. The van der Waals surface area contributed by atoms with E-state index in [0.29, 0.717) is 18.2 Å². The zero-order chi connectivity index (χ0) is 12.3. The van der Waals surface area contributed by atoms with Crippen molar-refractivity contribution in [3.05, 3.63) is 29.8 Å². The van der Waals surface area contributed by atoms with Crippen LogP contribution in [-0.4, -0.2) is 18.3 Å². The molecule has 1 amide bonds. The Bertz CT molecular complexity index is 405. The summed E-state index contributed by atoms with van der Waals surface area (Å²) in [5.41, 5.74) is 2.37. The molecular formula is C14H18ClNO. The largest absolute Gasteiger partial charge is 0.312 e. The molecule has 1 aromatic carbocycles. The lowest BCUT2D eigenvalue weighted by molar-refractivity contribution is -0.118. The molecule has 2 rings (SSSR count). The van der Waals surface area contributed by atoms with E-state index in [0.717, 1.165) is 25.1 Å². The van der Waals surface area contributed by atoms with Gasteiger partial charge < -0.3 is 4.90 Å². The lowest BCUT2D eigenvalue weighted by Crippen LogP contribution is -2.39. The van der Waals surface area contributed by atoms with Gasteiger partial charge in [0.25, 0.3) is 0 Å². The van der Waals surface area contributed by atoms with Crippen molar-refractivity contribution in [1.29, 1.82) is 0 Å². The van der Waals surface area contributed by atoms with Crippen LogP contribution in [0.5, 0.6) is 0 Å². The lowest BCUT2D eigenvalue weighted by Gasteiger charge is -2.33. The predicted molar refractivity (Wildman–Crippen MR) is 71.6 cm³/mol. The van der Waals surface area contributed by atoms with E-state index in [2.05, 4.69) is 13.0 Å². The molecule has 0 fully saturated rings. The van der Waals surface area contributed by atoms with Crippen LogP contribution >= 0.6 is 11.6 Å². The second-order valence-corrected chi connectivity index (χ2v) is 5.11. The van der Waals surface area contributed by atoms with Crippen LogP contribution in [0.25, 0.3) is 0 Å². The smallest absolute Gasteiger partial charge is 0.227 e. The Morgan fingerprint density at radius 2 is 2.24 bits per heavy atom. The van der Waals surface area contributed by atoms with Crippen LogP contribution in [0.1, 0.15) is 25.3 Å². The summed E-state index contributed by atoms with van der Waals surface area (Å²) >= 11 is 5.64. The first-order valence-corrected chi connectivity index (χ1v) is 6.70. The summed E-state index contributed by atoms with van der Waals surface area (Å²) in [6, 6.07) is 8.20. The average Bonchev–Trinajstić information content (AvgIpc) is 2.34. The Morgan fingerprint density at radius 3 is 3.00 bits per heavy atom. The summed E-state index contributed by atoms with van der Waals surface area (Å²) in [7, 11) is 0. The van der Waals surface area contributed by atoms with E-state index >= 15 is 0 Å². The van der Waals surface area contributed by atoms with E-state index in [1.807, 2.05) is 23.1 Å². The molecular weight excluding hydrogens is 234 g/mol. The van der Waals surface area contributed by atoms with Gasteiger partial charge in [-0.15, -0.1) is 11.6 Å². The fraction of sp³-hybridized carbons (Fsp3) is 0.500. The molecule has 3 heteroatoms. The molecule has 2 nitrogen and oxygen atoms in total. The normalized spacial score (nSPS) is 18.9. The van der Waals surface area contributed by atoms with E-state index in [-0.39, 0.29) is 5.91 Å². The van der Waals surface area contributed by atoms with Crippen molar-refractivity contribution in [2.24, 2.45) is 5.92 Å². The third kappa shape index (κ3) is 2.81. The quantitative estimate of drug-likeness (QED) is 0.756. The van der Waals surface area contributed by atoms with Crippen molar-refractivity contribution < 1.29 is 4.79 Å². The molecule has 0 radical (unpaired) electrons. The van der Waals surface area contributed by atoms with Gasteiger partial charge in [0.1, 0.15) is 0 Å². The van der Waals surface area contributed by atoms with Gasteiger partial charge in [-0.2, -0.15) is 0 Å². The van der Waals surface area contributed by atoms with Crippen LogP contribution in [0.15, 0.2) is 24.3 Å². The van der Waals surface area contributed by atoms with Gasteiger partial charge in [-0.1, -0.05) is 25.1 Å². The number of nitrogens with zero attached hydrogens (tertiary/aromatic N) is 1. The number of alkyl halides is 1. The Morgan fingerprint density at radius 1 is 1.47 bits per heavy atom. The van der Waals surface area contributed by atoms with Crippen molar-refractivity contribution in [2.75, 3.05) is 17.3 Å². The molecule has 0 bridgehead atoms. The van der Waals surface area contributed by atoms with Crippen molar-refractivity contribution in [3.63, 3.8) is 0 Å². The minimum absolute atomic E-state index is 0.199. The first kappa shape index (κ1) is 12.4. The van der Waals surface area contributed by atoms with Gasteiger partial charge in [-0.25, -0.2) is 0 Å². The van der Waals surface area contributed by atoms with Crippen LogP contribution < -0.4 is 4.90 Å². The Hall–Kier alpha value is -1.02. The van der Waals surface area contributed by atoms with Crippen molar-refractivity contribution >= 4 is 23.2 Å². The van der Waals surface area contributed by atoms with E-state index in [4.69, 9.17) is 11.6 Å². The third-order valence-corrected chi connectivity index (χ3v) is 3.44. The number of amides is 1. The van der Waals surface area contributed by atoms with Crippen LogP contribution in [0.2, 0.25) is 0 Å². The van der Waals surface area contributed by atoms with Crippen LogP contribution in [-0.2, 0) is 11.2 Å². The minimum Gasteiger partial charge on any atom is -0.312 e. The number of rotatable bonds is 3. The molecule has 1 aromatic rings. The number of hydrogen-bond donors (Lipinski definition) is 0. The second kappa shape index (κ2) is 5.54. The highest BCUT2D eigenvalue weighted by atomic mass is 35.5. The van der Waals surface area contributed by atoms with Crippen LogP contribution in [0, 0.1) is 5.92 Å². The Kier molecular flexibility index (Phi) is 4.06. The van der Waals surface area contributed by atoms with Gasteiger partial charge in [0, 0.05) is 24.5 Å². The van der Waals surface area contributed by atoms with Crippen LogP contribution in [0.4, 0.5) is 5.69 Å².